The van der Waals surface area contributed by atoms with Crippen molar-refractivity contribution in [1.29, 1.82) is 0 Å². The monoisotopic (exact) mass is 567 g/mol. The molecule has 7 nitrogen and oxygen atoms in total. The molecule has 4 aromatic rings. The highest BCUT2D eigenvalue weighted by atomic mass is 16.5. The summed E-state index contributed by atoms with van der Waals surface area (Å²) in [6.45, 7) is 0. The van der Waals surface area contributed by atoms with E-state index in [-0.39, 0.29) is 23.7 Å². The summed E-state index contributed by atoms with van der Waals surface area (Å²) in [5, 5.41) is 8.54. The SMILES string of the molecule is COc1ccc(C(=C2C3C=CC2C2C(=O)N(c4ccc(N=Nc5ccccc5)cc4)C(=O)C32)c2ccc(OC)cc2)cc1. The first-order chi connectivity index (χ1) is 21.1. The number of azo groups is 1. The lowest BCUT2D eigenvalue weighted by Crippen LogP contribution is -2.33. The maximum atomic E-state index is 14.0. The first-order valence-corrected chi connectivity index (χ1v) is 14.2. The van der Waals surface area contributed by atoms with E-state index in [4.69, 9.17) is 9.47 Å². The van der Waals surface area contributed by atoms with Gasteiger partial charge in [-0.1, -0.05) is 54.6 Å². The molecule has 0 spiro atoms. The minimum Gasteiger partial charge on any atom is -0.497 e. The summed E-state index contributed by atoms with van der Waals surface area (Å²) in [5.41, 5.74) is 6.12. The summed E-state index contributed by atoms with van der Waals surface area (Å²) in [6, 6.07) is 32.4. The molecule has 2 fully saturated rings. The van der Waals surface area contributed by atoms with Gasteiger partial charge in [0.05, 0.1) is 43.1 Å². The predicted molar refractivity (Wildman–Crippen MR) is 165 cm³/mol. The van der Waals surface area contributed by atoms with Gasteiger partial charge in [-0.25, -0.2) is 4.90 Å². The van der Waals surface area contributed by atoms with Crippen molar-refractivity contribution in [2.45, 2.75) is 0 Å². The fourth-order valence-electron chi connectivity index (χ4n) is 6.64. The van der Waals surface area contributed by atoms with Gasteiger partial charge in [0.1, 0.15) is 11.5 Å². The Bertz CT molecular complexity index is 1690. The van der Waals surface area contributed by atoms with Crippen LogP contribution >= 0.6 is 0 Å². The minimum atomic E-state index is -0.443. The van der Waals surface area contributed by atoms with E-state index in [2.05, 4.69) is 22.4 Å². The molecule has 4 atom stereocenters. The molecule has 212 valence electrons. The van der Waals surface area contributed by atoms with Crippen LogP contribution in [0, 0.1) is 23.7 Å². The Balaban J connectivity index is 1.22. The number of hydrogen-bond acceptors (Lipinski definition) is 6. The molecular weight excluding hydrogens is 538 g/mol. The highest BCUT2D eigenvalue weighted by Gasteiger charge is 2.62. The van der Waals surface area contributed by atoms with Gasteiger partial charge in [-0.15, -0.1) is 0 Å². The first kappa shape index (κ1) is 26.6. The quantitative estimate of drug-likeness (QED) is 0.131. The molecule has 1 heterocycles. The smallest absolute Gasteiger partial charge is 0.238 e. The highest BCUT2D eigenvalue weighted by molar-refractivity contribution is 6.23. The number of methoxy groups -OCH3 is 2. The van der Waals surface area contributed by atoms with Crippen LogP contribution < -0.4 is 14.4 Å². The van der Waals surface area contributed by atoms with Crippen LogP contribution in [0.1, 0.15) is 11.1 Å². The Labute approximate surface area is 249 Å². The molecule has 43 heavy (non-hydrogen) atoms. The molecule has 0 N–H and O–H groups in total. The molecule has 0 aromatic heterocycles. The number of fused-ring (bicyclic) bond motifs is 5. The van der Waals surface area contributed by atoms with Crippen molar-refractivity contribution in [3.63, 3.8) is 0 Å². The molecule has 7 heteroatoms. The molecule has 7 rings (SSSR count). The summed E-state index contributed by atoms with van der Waals surface area (Å²) in [7, 11) is 3.29. The molecule has 1 saturated heterocycles. The number of allylic oxidation sites excluding steroid dienone is 3. The largest absolute Gasteiger partial charge is 0.497 e. The van der Waals surface area contributed by atoms with Gasteiger partial charge in [-0.2, -0.15) is 10.2 Å². The molecule has 0 radical (unpaired) electrons. The van der Waals surface area contributed by atoms with Crippen molar-refractivity contribution in [1.82, 2.24) is 0 Å². The van der Waals surface area contributed by atoms with E-state index in [0.29, 0.717) is 11.4 Å². The lowest BCUT2D eigenvalue weighted by molar-refractivity contribution is -0.122. The van der Waals surface area contributed by atoms with E-state index < -0.39 is 11.8 Å². The lowest BCUT2D eigenvalue weighted by Gasteiger charge is -2.22. The van der Waals surface area contributed by atoms with Gasteiger partial charge in [0.25, 0.3) is 0 Å². The molecule has 2 bridgehead atoms. The highest BCUT2D eigenvalue weighted by Crippen LogP contribution is 2.59. The lowest BCUT2D eigenvalue weighted by atomic mass is 9.85. The number of carbonyl (C=O) groups is 2. The van der Waals surface area contributed by atoms with Crippen LogP contribution in [0.4, 0.5) is 17.1 Å². The molecular formula is C36H29N3O4. The zero-order valence-electron chi connectivity index (χ0n) is 23.8. The van der Waals surface area contributed by atoms with Gasteiger partial charge in [-0.05, 0) is 82.9 Å². The zero-order chi connectivity index (χ0) is 29.5. The second kappa shape index (κ2) is 10.8. The molecule has 4 unspecified atom stereocenters. The zero-order valence-corrected chi connectivity index (χ0v) is 23.8. The van der Waals surface area contributed by atoms with Crippen LogP contribution in [0.5, 0.6) is 11.5 Å². The van der Waals surface area contributed by atoms with Crippen LogP contribution in [-0.4, -0.2) is 26.0 Å². The second-order valence-electron chi connectivity index (χ2n) is 10.8. The summed E-state index contributed by atoms with van der Waals surface area (Å²) in [4.78, 5) is 29.3. The fraction of sp³-hybridized carbons (Fsp3) is 0.167. The maximum absolute atomic E-state index is 14.0. The number of ether oxygens (including phenoxy) is 2. The maximum Gasteiger partial charge on any atom is 0.238 e. The Kier molecular flexibility index (Phi) is 6.70. The van der Waals surface area contributed by atoms with Crippen molar-refractivity contribution >= 4 is 34.4 Å². The van der Waals surface area contributed by atoms with E-state index in [1.165, 1.54) is 4.90 Å². The molecule has 2 amide bonds. The van der Waals surface area contributed by atoms with Crippen molar-refractivity contribution in [3.05, 3.63) is 132 Å². The van der Waals surface area contributed by atoms with E-state index >= 15 is 0 Å². The van der Waals surface area contributed by atoms with Crippen molar-refractivity contribution in [2.24, 2.45) is 33.9 Å². The van der Waals surface area contributed by atoms with Gasteiger partial charge in [0.15, 0.2) is 0 Å². The average molecular weight is 568 g/mol. The van der Waals surface area contributed by atoms with E-state index in [1.807, 2.05) is 78.9 Å². The summed E-state index contributed by atoms with van der Waals surface area (Å²) in [5.74, 6) is -0.0210. The van der Waals surface area contributed by atoms with Gasteiger partial charge >= 0.3 is 0 Å². The van der Waals surface area contributed by atoms with Crippen LogP contribution in [0.2, 0.25) is 0 Å². The molecule has 3 aliphatic rings. The van der Waals surface area contributed by atoms with E-state index in [1.54, 1.807) is 38.5 Å². The number of anilines is 1. The third kappa shape index (κ3) is 4.54. The Morgan fingerprint density at radius 1 is 0.605 bits per heavy atom. The van der Waals surface area contributed by atoms with Gasteiger partial charge in [-0.3, -0.25) is 9.59 Å². The average Bonchev–Trinajstić information content (AvgIpc) is 3.70. The van der Waals surface area contributed by atoms with Crippen molar-refractivity contribution in [2.75, 3.05) is 19.1 Å². The van der Waals surface area contributed by atoms with Crippen LogP contribution in [0.25, 0.3) is 5.57 Å². The second-order valence-corrected chi connectivity index (χ2v) is 10.8. The number of imide groups is 1. The molecule has 4 aromatic carbocycles. The van der Waals surface area contributed by atoms with Gasteiger partial charge < -0.3 is 9.47 Å². The normalized spacial score (nSPS) is 22.0. The molecule has 2 aliphatic carbocycles. The van der Waals surface area contributed by atoms with Crippen LogP contribution in [0.3, 0.4) is 0 Å². The van der Waals surface area contributed by atoms with Gasteiger partial charge in [0.2, 0.25) is 11.8 Å². The fourth-order valence-corrected chi connectivity index (χ4v) is 6.64. The topological polar surface area (TPSA) is 80.6 Å². The standard InChI is InChI=1S/C36H29N3O4/c1-42-27-16-8-22(9-17-27)31(23-10-18-28(43-2)19-11-23)32-29-20-21-30(32)34-33(29)35(40)39(36(34)41)26-14-12-25(13-15-26)38-37-24-6-4-3-5-7-24/h3-21,29-30,33-34H,1-2H3. The third-order valence-electron chi connectivity index (χ3n) is 8.61. The number of amides is 2. The van der Waals surface area contributed by atoms with Crippen molar-refractivity contribution < 1.29 is 19.1 Å². The number of carbonyl (C=O) groups excluding carboxylic acids is 2. The van der Waals surface area contributed by atoms with Crippen molar-refractivity contribution in [3.8, 4) is 11.5 Å². The van der Waals surface area contributed by atoms with E-state index in [0.717, 1.165) is 39.5 Å². The Morgan fingerprint density at radius 2 is 1.07 bits per heavy atom. The van der Waals surface area contributed by atoms with Crippen LogP contribution in [0.15, 0.2) is 131 Å². The third-order valence-corrected chi connectivity index (χ3v) is 8.61. The van der Waals surface area contributed by atoms with E-state index in [9.17, 15) is 9.59 Å². The number of rotatable bonds is 7. The minimum absolute atomic E-state index is 0.160. The molecule has 1 aliphatic heterocycles. The molecule has 1 saturated carbocycles. The predicted octanol–water partition coefficient (Wildman–Crippen LogP) is 7.54. The van der Waals surface area contributed by atoms with Gasteiger partial charge in [0, 0.05) is 11.8 Å². The first-order valence-electron chi connectivity index (χ1n) is 14.2. The summed E-state index contributed by atoms with van der Waals surface area (Å²) in [6.07, 6.45) is 4.21. The number of benzene rings is 4. The Hall–Kier alpha value is -5.30. The summed E-state index contributed by atoms with van der Waals surface area (Å²) < 4.78 is 10.8. The summed E-state index contributed by atoms with van der Waals surface area (Å²) >= 11 is 0. The Morgan fingerprint density at radius 3 is 1.53 bits per heavy atom. The van der Waals surface area contributed by atoms with Crippen LogP contribution in [-0.2, 0) is 9.59 Å². The number of hydrogen-bond donors (Lipinski definition) is 0. The number of nitrogens with zero attached hydrogens (tertiary/aromatic N) is 3.